The maximum atomic E-state index is 12.5. The molecule has 1 aliphatic heterocycles. The van der Waals surface area contributed by atoms with Crippen LogP contribution in [0.2, 0.25) is 0 Å². The molecule has 1 atom stereocenters. The normalized spacial score (nSPS) is 14.7. The molecular weight excluding hydrogens is 516 g/mol. The third kappa shape index (κ3) is 5.27. The van der Waals surface area contributed by atoms with Gasteiger partial charge in [0.1, 0.15) is 0 Å². The van der Waals surface area contributed by atoms with Crippen LogP contribution in [-0.4, -0.2) is 34.2 Å². The maximum absolute atomic E-state index is 12.5. The standard InChI is InChI=1S/C32H30N6O3/c1-3-41-32-33-28-15-9-14-27(31(39)40-2)29(28)37(32)20-23-16-18-24(19-17-23)25-12-7-8-13-26(25)30-34-35-36-38(30)21-22-10-5-4-6-11-22/h4-19,30H,3,20-21H2,1-2H3,(H,34,36). The minimum absolute atomic E-state index is 0.256. The Morgan fingerprint density at radius 3 is 2.41 bits per heavy atom. The van der Waals surface area contributed by atoms with Crippen molar-refractivity contribution < 1.29 is 14.3 Å². The van der Waals surface area contributed by atoms with E-state index in [4.69, 9.17) is 9.47 Å². The summed E-state index contributed by atoms with van der Waals surface area (Å²) in [5.74, 6) is -0.411. The van der Waals surface area contributed by atoms with Crippen LogP contribution in [0, 0.1) is 0 Å². The number of esters is 1. The van der Waals surface area contributed by atoms with Crippen LogP contribution >= 0.6 is 0 Å². The van der Waals surface area contributed by atoms with Gasteiger partial charge in [-0.3, -0.25) is 4.57 Å². The predicted molar refractivity (Wildman–Crippen MR) is 156 cm³/mol. The van der Waals surface area contributed by atoms with Crippen LogP contribution in [0.5, 0.6) is 6.01 Å². The number of para-hydroxylation sites is 1. The lowest BCUT2D eigenvalue weighted by molar-refractivity contribution is 0.0602. The van der Waals surface area contributed by atoms with E-state index in [1.54, 1.807) is 12.1 Å². The molecule has 9 heteroatoms. The number of methoxy groups -OCH3 is 1. The van der Waals surface area contributed by atoms with Crippen molar-refractivity contribution >= 4 is 17.0 Å². The van der Waals surface area contributed by atoms with Crippen molar-refractivity contribution in [3.05, 3.63) is 119 Å². The zero-order valence-electron chi connectivity index (χ0n) is 22.9. The number of rotatable bonds is 9. The molecule has 206 valence electrons. The molecule has 1 unspecified atom stereocenters. The molecule has 2 heterocycles. The SMILES string of the molecule is CCOc1nc2cccc(C(=O)OC)c2n1Cc1ccc(-c2ccccc2C2N=NNN2Cc2ccccc2)cc1. The molecule has 4 aromatic carbocycles. The highest BCUT2D eigenvalue weighted by atomic mass is 16.5. The molecule has 0 saturated carbocycles. The highest BCUT2D eigenvalue weighted by Gasteiger charge is 2.27. The lowest BCUT2D eigenvalue weighted by Gasteiger charge is -2.23. The Morgan fingerprint density at radius 2 is 1.63 bits per heavy atom. The molecule has 5 aromatic rings. The fourth-order valence-electron chi connectivity index (χ4n) is 5.17. The maximum Gasteiger partial charge on any atom is 0.340 e. The van der Waals surface area contributed by atoms with Crippen molar-refractivity contribution in [1.82, 2.24) is 20.1 Å². The van der Waals surface area contributed by atoms with Gasteiger partial charge < -0.3 is 9.47 Å². The number of hydrogen-bond donors (Lipinski definition) is 1. The van der Waals surface area contributed by atoms with Crippen LogP contribution in [0.3, 0.4) is 0 Å². The number of fused-ring (bicyclic) bond motifs is 1. The van der Waals surface area contributed by atoms with Gasteiger partial charge in [-0.05, 0) is 41.3 Å². The fraction of sp³-hybridized carbons (Fsp3) is 0.188. The Labute approximate surface area is 238 Å². The molecule has 0 saturated heterocycles. The van der Waals surface area contributed by atoms with Crippen LogP contribution in [0.1, 0.15) is 40.1 Å². The van der Waals surface area contributed by atoms with E-state index in [-0.39, 0.29) is 6.17 Å². The van der Waals surface area contributed by atoms with E-state index in [2.05, 4.69) is 69.4 Å². The summed E-state index contributed by atoms with van der Waals surface area (Å²) in [4.78, 5) is 17.2. The third-order valence-corrected chi connectivity index (χ3v) is 7.09. The summed E-state index contributed by atoms with van der Waals surface area (Å²) in [6.07, 6.45) is -0.256. The van der Waals surface area contributed by atoms with Crippen molar-refractivity contribution in [1.29, 1.82) is 0 Å². The second kappa shape index (κ2) is 11.6. The fourth-order valence-corrected chi connectivity index (χ4v) is 5.17. The molecule has 1 N–H and O–H groups in total. The summed E-state index contributed by atoms with van der Waals surface area (Å²) in [6, 6.07) is 32.8. The Morgan fingerprint density at radius 1 is 0.878 bits per heavy atom. The summed E-state index contributed by atoms with van der Waals surface area (Å²) in [7, 11) is 1.38. The van der Waals surface area contributed by atoms with Gasteiger partial charge in [-0.15, -0.1) is 5.11 Å². The average Bonchev–Trinajstić information content (AvgIpc) is 3.62. The van der Waals surface area contributed by atoms with Crippen LogP contribution in [0.4, 0.5) is 0 Å². The van der Waals surface area contributed by atoms with E-state index in [1.165, 1.54) is 12.7 Å². The first-order chi connectivity index (χ1) is 20.2. The number of benzene rings is 4. The summed E-state index contributed by atoms with van der Waals surface area (Å²) < 4.78 is 12.8. The van der Waals surface area contributed by atoms with Gasteiger partial charge in [0.25, 0.3) is 6.01 Å². The molecule has 1 aliphatic rings. The van der Waals surface area contributed by atoms with Crippen LogP contribution in [-0.2, 0) is 17.8 Å². The second-order valence-electron chi connectivity index (χ2n) is 9.67. The number of aromatic nitrogens is 2. The van der Waals surface area contributed by atoms with Gasteiger partial charge in [0.15, 0.2) is 6.17 Å². The molecule has 0 amide bonds. The number of imidazole rings is 1. The van der Waals surface area contributed by atoms with E-state index >= 15 is 0 Å². The van der Waals surface area contributed by atoms with Gasteiger partial charge in [-0.1, -0.05) is 90.2 Å². The van der Waals surface area contributed by atoms with E-state index < -0.39 is 5.97 Å². The highest BCUT2D eigenvalue weighted by molar-refractivity contribution is 6.02. The molecule has 1 aromatic heterocycles. The zero-order valence-corrected chi connectivity index (χ0v) is 22.9. The molecule has 41 heavy (non-hydrogen) atoms. The number of carbonyl (C=O) groups excluding carboxylic acids is 1. The molecular formula is C32H30N6O3. The second-order valence-corrected chi connectivity index (χ2v) is 9.67. The van der Waals surface area contributed by atoms with Crippen molar-refractivity contribution in [2.24, 2.45) is 10.3 Å². The molecule has 9 nitrogen and oxygen atoms in total. The first kappa shape index (κ1) is 26.2. The number of nitrogens with one attached hydrogen (secondary N) is 1. The van der Waals surface area contributed by atoms with Crippen LogP contribution in [0.15, 0.2) is 107 Å². The van der Waals surface area contributed by atoms with Crippen molar-refractivity contribution in [3.8, 4) is 17.1 Å². The van der Waals surface area contributed by atoms with Crippen LogP contribution in [0.25, 0.3) is 22.2 Å². The smallest absolute Gasteiger partial charge is 0.340 e. The summed E-state index contributed by atoms with van der Waals surface area (Å²) >= 11 is 0. The van der Waals surface area contributed by atoms with Gasteiger partial charge in [0.05, 0.1) is 36.9 Å². The lowest BCUT2D eigenvalue weighted by Crippen LogP contribution is -2.32. The number of ether oxygens (including phenoxy) is 2. The van der Waals surface area contributed by atoms with E-state index in [0.29, 0.717) is 42.3 Å². The Balaban J connectivity index is 1.30. The first-order valence-electron chi connectivity index (χ1n) is 13.5. The monoisotopic (exact) mass is 546 g/mol. The van der Waals surface area contributed by atoms with Gasteiger partial charge in [-0.25, -0.2) is 10.3 Å². The van der Waals surface area contributed by atoms with Gasteiger partial charge in [0, 0.05) is 12.1 Å². The molecule has 0 fully saturated rings. The van der Waals surface area contributed by atoms with Crippen molar-refractivity contribution in [2.75, 3.05) is 13.7 Å². The predicted octanol–water partition coefficient (Wildman–Crippen LogP) is 6.32. The van der Waals surface area contributed by atoms with E-state index in [1.807, 2.05) is 52.9 Å². The number of hydrogen-bond acceptors (Lipinski definition) is 8. The number of nitrogens with zero attached hydrogens (tertiary/aromatic N) is 5. The van der Waals surface area contributed by atoms with Crippen LogP contribution < -0.4 is 10.3 Å². The Bertz CT molecular complexity index is 1700. The quantitative estimate of drug-likeness (QED) is 0.217. The minimum atomic E-state index is -0.411. The van der Waals surface area contributed by atoms with E-state index in [0.717, 1.165) is 22.3 Å². The van der Waals surface area contributed by atoms with Gasteiger partial charge in [0.2, 0.25) is 0 Å². The van der Waals surface area contributed by atoms with Crippen molar-refractivity contribution in [3.63, 3.8) is 0 Å². The topological polar surface area (TPSA) is 93.3 Å². The van der Waals surface area contributed by atoms with E-state index in [9.17, 15) is 4.79 Å². The van der Waals surface area contributed by atoms with Gasteiger partial charge in [-0.2, -0.15) is 9.99 Å². The Hall–Kier alpha value is -5.02. The zero-order chi connectivity index (χ0) is 28.2. The lowest BCUT2D eigenvalue weighted by atomic mass is 9.96. The van der Waals surface area contributed by atoms with Gasteiger partial charge >= 0.3 is 5.97 Å². The summed E-state index contributed by atoms with van der Waals surface area (Å²) in [6.45, 7) is 3.52. The number of hydrazine groups is 1. The number of carbonyl (C=O) groups is 1. The Kier molecular flexibility index (Phi) is 7.42. The molecule has 0 radical (unpaired) electrons. The molecule has 0 aliphatic carbocycles. The average molecular weight is 547 g/mol. The minimum Gasteiger partial charge on any atom is -0.465 e. The molecule has 0 spiro atoms. The highest BCUT2D eigenvalue weighted by Crippen LogP contribution is 2.35. The first-order valence-corrected chi connectivity index (χ1v) is 13.5. The molecule has 0 bridgehead atoms. The largest absolute Gasteiger partial charge is 0.465 e. The third-order valence-electron chi connectivity index (χ3n) is 7.09. The summed E-state index contributed by atoms with van der Waals surface area (Å²) in [5, 5.41) is 10.7. The summed E-state index contributed by atoms with van der Waals surface area (Å²) in [5.41, 5.74) is 10.3. The molecule has 6 rings (SSSR count). The van der Waals surface area contributed by atoms with Crippen molar-refractivity contribution in [2.45, 2.75) is 26.2 Å².